The van der Waals surface area contributed by atoms with Gasteiger partial charge in [-0.3, -0.25) is 14.2 Å². The van der Waals surface area contributed by atoms with Crippen molar-refractivity contribution >= 4 is 19.7 Å². The van der Waals surface area contributed by atoms with Crippen molar-refractivity contribution < 1.29 is 37.3 Å². The van der Waals surface area contributed by atoms with E-state index in [0.717, 1.165) is 122 Å². The van der Waals surface area contributed by atoms with Crippen LogP contribution >= 0.6 is 7.82 Å². The van der Waals surface area contributed by atoms with Gasteiger partial charge in [-0.05, 0) is 122 Å². The molecule has 0 aliphatic carbocycles. The molecule has 9 nitrogen and oxygen atoms in total. The summed E-state index contributed by atoms with van der Waals surface area (Å²) in [6, 6.07) is -0.914. The Balaban J connectivity index is 5.12. The van der Waals surface area contributed by atoms with E-state index in [4.69, 9.17) is 13.8 Å². The van der Waals surface area contributed by atoms with Crippen molar-refractivity contribution in [2.45, 2.75) is 290 Å². The van der Waals surface area contributed by atoms with Gasteiger partial charge in [-0.15, -0.1) is 0 Å². The summed E-state index contributed by atoms with van der Waals surface area (Å²) in [5.41, 5.74) is 0. The first-order chi connectivity index (χ1) is 40.4. The maximum absolute atomic E-state index is 13.5. The first kappa shape index (κ1) is 79.4. The molecule has 0 aromatic carbocycles. The highest BCUT2D eigenvalue weighted by molar-refractivity contribution is 7.45. The van der Waals surface area contributed by atoms with Crippen LogP contribution in [-0.2, 0) is 27.9 Å². The van der Waals surface area contributed by atoms with Gasteiger partial charge in [0.15, 0.2) is 0 Å². The van der Waals surface area contributed by atoms with Crippen molar-refractivity contribution in [2.75, 3.05) is 40.9 Å². The molecule has 0 saturated carbocycles. The van der Waals surface area contributed by atoms with Crippen LogP contribution in [0.25, 0.3) is 0 Å². The number of allylic oxidation sites excluding steroid dienone is 19. The highest BCUT2D eigenvalue weighted by atomic mass is 31.2. The van der Waals surface area contributed by atoms with Crippen LogP contribution in [0, 0.1) is 0 Å². The Hall–Kier alpha value is -3.59. The number of quaternary nitrogens is 1. The molecule has 10 heteroatoms. The number of ether oxygens (including phenoxy) is 1. The Morgan fingerprint density at radius 2 is 0.771 bits per heavy atom. The molecule has 0 aliphatic rings. The number of amides is 1. The summed E-state index contributed by atoms with van der Waals surface area (Å²) in [5.74, 6) is -0.585. The molecule has 0 aliphatic heterocycles. The van der Waals surface area contributed by atoms with Crippen LogP contribution in [0.3, 0.4) is 0 Å². The fourth-order valence-electron chi connectivity index (χ4n) is 9.18. The second kappa shape index (κ2) is 61.5. The third-order valence-corrected chi connectivity index (χ3v) is 15.3. The van der Waals surface area contributed by atoms with Crippen molar-refractivity contribution in [3.05, 3.63) is 122 Å². The molecule has 0 bridgehead atoms. The van der Waals surface area contributed by atoms with Gasteiger partial charge in [0.1, 0.15) is 19.3 Å². The molecule has 3 atom stereocenters. The van der Waals surface area contributed by atoms with E-state index >= 15 is 0 Å². The molecule has 1 N–H and O–H groups in total. The van der Waals surface area contributed by atoms with Crippen molar-refractivity contribution in [2.24, 2.45) is 0 Å². The van der Waals surface area contributed by atoms with E-state index in [9.17, 15) is 19.0 Å². The van der Waals surface area contributed by atoms with Crippen molar-refractivity contribution in [1.82, 2.24) is 5.32 Å². The highest BCUT2D eigenvalue weighted by Crippen LogP contribution is 2.38. The van der Waals surface area contributed by atoms with Gasteiger partial charge >= 0.3 is 5.97 Å². The minimum absolute atomic E-state index is 0.0348. The van der Waals surface area contributed by atoms with Crippen LogP contribution in [0.2, 0.25) is 0 Å². The molecule has 83 heavy (non-hydrogen) atoms. The summed E-state index contributed by atoms with van der Waals surface area (Å²) in [6.45, 7) is 6.67. The van der Waals surface area contributed by atoms with Crippen LogP contribution < -0.4 is 10.2 Å². The Kier molecular flexibility index (Phi) is 58.8. The first-order valence-corrected chi connectivity index (χ1v) is 35.3. The van der Waals surface area contributed by atoms with Crippen molar-refractivity contribution in [3.8, 4) is 0 Å². The van der Waals surface area contributed by atoms with E-state index in [1.54, 1.807) is 0 Å². The number of nitrogens with zero attached hydrogens (tertiary/aromatic N) is 1. The number of hydrogen-bond acceptors (Lipinski definition) is 7. The van der Waals surface area contributed by atoms with Crippen molar-refractivity contribution in [3.63, 3.8) is 0 Å². The predicted octanol–water partition coefficient (Wildman–Crippen LogP) is 20.8. The molecular formula is C73H127N2O7P. The Bertz CT molecular complexity index is 1830. The average Bonchev–Trinajstić information content (AvgIpc) is 3.51. The van der Waals surface area contributed by atoms with Crippen LogP contribution in [0.5, 0.6) is 0 Å². The summed E-state index contributed by atoms with van der Waals surface area (Å²) in [7, 11) is 1.15. The maximum Gasteiger partial charge on any atom is 0.306 e. The minimum atomic E-state index is -4.72. The summed E-state index contributed by atoms with van der Waals surface area (Å²) in [5, 5.41) is 3.01. The van der Waals surface area contributed by atoms with E-state index in [0.29, 0.717) is 17.4 Å². The number of carbonyl (C=O) groups is 2. The topological polar surface area (TPSA) is 114 Å². The Morgan fingerprint density at radius 3 is 1.19 bits per heavy atom. The number of likely N-dealkylation sites (N-methyl/N-ethyl adjacent to an activating group) is 1. The summed E-state index contributed by atoms with van der Waals surface area (Å²) < 4.78 is 30.3. The Labute approximate surface area is 512 Å². The van der Waals surface area contributed by atoms with Crippen LogP contribution in [0.15, 0.2) is 122 Å². The summed E-state index contributed by atoms with van der Waals surface area (Å²) in [4.78, 5) is 40.1. The number of phosphoric ester groups is 1. The number of rotatable bonds is 60. The third-order valence-electron chi connectivity index (χ3n) is 14.4. The number of esters is 1. The van der Waals surface area contributed by atoms with Crippen LogP contribution in [0.4, 0.5) is 0 Å². The Morgan fingerprint density at radius 1 is 0.434 bits per heavy atom. The fraction of sp³-hybridized carbons (Fsp3) is 0.699. The minimum Gasteiger partial charge on any atom is -0.756 e. The molecule has 1 amide bonds. The van der Waals surface area contributed by atoms with Gasteiger partial charge in [0.05, 0.1) is 33.8 Å². The van der Waals surface area contributed by atoms with Gasteiger partial charge in [0.25, 0.3) is 7.82 Å². The molecule has 0 fully saturated rings. The highest BCUT2D eigenvalue weighted by Gasteiger charge is 2.27. The smallest absolute Gasteiger partial charge is 0.306 e. The third kappa shape index (κ3) is 62.8. The predicted molar refractivity (Wildman–Crippen MR) is 357 cm³/mol. The lowest BCUT2D eigenvalue weighted by molar-refractivity contribution is -0.870. The van der Waals surface area contributed by atoms with E-state index in [1.807, 2.05) is 33.3 Å². The number of nitrogens with one attached hydrogen (secondary N) is 1. The van der Waals surface area contributed by atoms with Gasteiger partial charge in [-0.25, -0.2) is 0 Å². The lowest BCUT2D eigenvalue weighted by atomic mass is 10.0. The molecule has 0 rings (SSSR count). The summed E-state index contributed by atoms with van der Waals surface area (Å²) >= 11 is 0. The van der Waals surface area contributed by atoms with E-state index in [-0.39, 0.29) is 31.3 Å². The van der Waals surface area contributed by atoms with Crippen LogP contribution in [-0.4, -0.2) is 69.4 Å². The molecule has 0 radical (unpaired) electrons. The van der Waals surface area contributed by atoms with Gasteiger partial charge < -0.3 is 28.5 Å². The van der Waals surface area contributed by atoms with Gasteiger partial charge in [0, 0.05) is 12.8 Å². The lowest BCUT2D eigenvalue weighted by Gasteiger charge is -2.30. The molecule has 0 heterocycles. The zero-order valence-corrected chi connectivity index (χ0v) is 55.3. The monoisotopic (exact) mass is 1170 g/mol. The normalized spacial score (nSPS) is 14.3. The SMILES string of the molecule is CC/C=C\C/C=C\C/C=C\C/C=C\C/C=C\CCCCCCCCCCCCCC(=O)OC(/C=C\CCCCCCCCCCC)C(COP(=O)([O-])OCC[N+](C)(C)C)NC(=O)CCCCC/C=C\C/C=C\C/C=C\C/C=C\CCCCC. The molecule has 0 aromatic rings. The van der Waals surface area contributed by atoms with Gasteiger partial charge in [-0.2, -0.15) is 0 Å². The maximum atomic E-state index is 13.5. The summed E-state index contributed by atoms with van der Waals surface area (Å²) in [6.07, 6.45) is 86.1. The zero-order valence-electron chi connectivity index (χ0n) is 54.4. The molecule has 476 valence electrons. The number of unbranched alkanes of at least 4 members (excludes halogenated alkanes) is 26. The molecule has 0 saturated heterocycles. The second-order valence-electron chi connectivity index (χ2n) is 23.6. The van der Waals surface area contributed by atoms with E-state index < -0.39 is 26.6 Å². The van der Waals surface area contributed by atoms with E-state index in [2.05, 4.69) is 135 Å². The largest absolute Gasteiger partial charge is 0.756 e. The molecular weight excluding hydrogens is 1050 g/mol. The fourth-order valence-corrected chi connectivity index (χ4v) is 9.90. The quantitative estimate of drug-likeness (QED) is 0.0212. The number of hydrogen-bond donors (Lipinski definition) is 1. The number of phosphoric acid groups is 1. The zero-order chi connectivity index (χ0) is 60.7. The van der Waals surface area contributed by atoms with Crippen LogP contribution in [0.1, 0.15) is 278 Å². The van der Waals surface area contributed by atoms with Gasteiger partial charge in [-0.1, -0.05) is 265 Å². The standard InChI is InChI=1S/C73H127N2O7P/c1-7-10-13-16-19-22-25-27-29-31-33-34-35-36-37-38-39-40-42-44-46-48-51-54-57-60-63-66-73(77)82-71(64-61-58-55-52-49-24-21-18-15-12-9-3)70(69-81-83(78,79)80-68-67-75(4,5)6)74-72(76)65-62-59-56-53-50-47-45-43-41-32-30-28-26-23-20-17-14-11-8-2/h10,13,19-20,22-23,27-30,33-34,36-37,41,43,47,50,61,64,70-71H,7-9,11-12,14-18,21,24-26,31-32,35,38-40,42,44-46,48-49,51-60,62-63,65-69H2,1-6H3,(H-,74,76,78,79)/b13-10-,22-19-,23-20-,29-27-,30-28-,34-33-,37-36-,43-41-,50-47-,64-61-. The molecule has 0 spiro atoms. The second-order valence-corrected chi connectivity index (χ2v) is 25.0. The molecule has 0 aromatic heterocycles. The lowest BCUT2D eigenvalue weighted by Crippen LogP contribution is -2.47. The average molecular weight is 1180 g/mol. The van der Waals surface area contributed by atoms with Gasteiger partial charge in [0.2, 0.25) is 5.91 Å². The van der Waals surface area contributed by atoms with Crippen molar-refractivity contribution in [1.29, 1.82) is 0 Å². The van der Waals surface area contributed by atoms with E-state index in [1.165, 1.54) is 116 Å². The number of carbonyl (C=O) groups excluding carboxylic acids is 2. The molecule has 3 unspecified atom stereocenters. The first-order valence-electron chi connectivity index (χ1n) is 33.8.